The SMILES string of the molecule is CCOc1cc(C=Nn2c(-c3cc4ccccc4o3)nc3ccccc3c2=O)c(Br)cc1O[C@@H](C)C(=O)O. The van der Waals surface area contributed by atoms with Crippen molar-refractivity contribution in [2.75, 3.05) is 6.61 Å². The van der Waals surface area contributed by atoms with Crippen LogP contribution in [-0.2, 0) is 4.79 Å². The lowest BCUT2D eigenvalue weighted by molar-refractivity contribution is -0.144. The molecule has 5 rings (SSSR count). The molecule has 10 heteroatoms. The van der Waals surface area contributed by atoms with E-state index in [-0.39, 0.29) is 17.1 Å². The number of aliphatic carboxylic acids is 1. The molecule has 9 nitrogen and oxygen atoms in total. The molecule has 0 amide bonds. The van der Waals surface area contributed by atoms with Crippen molar-refractivity contribution in [1.29, 1.82) is 0 Å². The van der Waals surface area contributed by atoms with Gasteiger partial charge in [-0.3, -0.25) is 4.79 Å². The molecule has 0 unspecified atom stereocenters. The van der Waals surface area contributed by atoms with Crippen molar-refractivity contribution >= 4 is 50.0 Å². The van der Waals surface area contributed by atoms with E-state index in [1.54, 1.807) is 37.3 Å². The fourth-order valence-corrected chi connectivity index (χ4v) is 4.28. The summed E-state index contributed by atoms with van der Waals surface area (Å²) < 4.78 is 19.0. The lowest BCUT2D eigenvalue weighted by atomic mass is 10.2. The molecule has 0 bridgehead atoms. The number of ether oxygens (including phenoxy) is 2. The molecule has 5 aromatic rings. The number of benzene rings is 3. The number of furan rings is 1. The van der Waals surface area contributed by atoms with Gasteiger partial charge in [0.15, 0.2) is 23.4 Å². The van der Waals surface area contributed by atoms with E-state index in [0.29, 0.717) is 44.6 Å². The van der Waals surface area contributed by atoms with Crippen LogP contribution < -0.4 is 15.0 Å². The van der Waals surface area contributed by atoms with E-state index in [1.165, 1.54) is 17.8 Å². The van der Waals surface area contributed by atoms with Crippen molar-refractivity contribution in [2.45, 2.75) is 20.0 Å². The van der Waals surface area contributed by atoms with E-state index in [0.717, 1.165) is 5.39 Å². The molecular formula is C28H22BrN3O6. The number of carbonyl (C=O) groups is 1. The Hall–Kier alpha value is -4.44. The van der Waals surface area contributed by atoms with Crippen LogP contribution in [0.5, 0.6) is 11.5 Å². The highest BCUT2D eigenvalue weighted by molar-refractivity contribution is 9.10. The molecule has 1 N–H and O–H groups in total. The maximum absolute atomic E-state index is 13.5. The van der Waals surface area contributed by atoms with Crippen LogP contribution in [0.1, 0.15) is 19.4 Å². The molecule has 0 aliphatic rings. The predicted octanol–water partition coefficient (Wildman–Crippen LogP) is 5.71. The van der Waals surface area contributed by atoms with Gasteiger partial charge in [0.1, 0.15) is 5.58 Å². The number of hydrogen-bond acceptors (Lipinski definition) is 7. The highest BCUT2D eigenvalue weighted by Gasteiger charge is 2.19. The van der Waals surface area contributed by atoms with E-state index in [2.05, 4.69) is 26.0 Å². The Kier molecular flexibility index (Phi) is 6.97. The van der Waals surface area contributed by atoms with Crippen LogP contribution in [-0.4, -0.2) is 39.7 Å². The topological polar surface area (TPSA) is 116 Å². The molecule has 2 aromatic heterocycles. The average Bonchev–Trinajstić information content (AvgIpc) is 3.34. The van der Waals surface area contributed by atoms with Crippen LogP contribution in [0.25, 0.3) is 33.5 Å². The average molecular weight is 576 g/mol. The van der Waals surface area contributed by atoms with Gasteiger partial charge in [0.05, 0.1) is 23.7 Å². The summed E-state index contributed by atoms with van der Waals surface area (Å²) in [6.07, 6.45) is 0.412. The van der Waals surface area contributed by atoms with Gasteiger partial charge < -0.3 is 19.0 Å². The Morgan fingerprint density at radius 2 is 1.92 bits per heavy atom. The maximum Gasteiger partial charge on any atom is 0.344 e. The van der Waals surface area contributed by atoms with E-state index in [1.807, 2.05) is 36.4 Å². The predicted molar refractivity (Wildman–Crippen MR) is 147 cm³/mol. The monoisotopic (exact) mass is 575 g/mol. The Labute approximate surface area is 225 Å². The zero-order chi connectivity index (χ0) is 26.8. The second kappa shape index (κ2) is 10.5. The second-order valence-corrected chi connectivity index (χ2v) is 9.17. The largest absolute Gasteiger partial charge is 0.490 e. The van der Waals surface area contributed by atoms with Crippen LogP contribution in [0.4, 0.5) is 0 Å². The molecule has 0 aliphatic carbocycles. The number of nitrogens with zero attached hydrogens (tertiary/aromatic N) is 3. The van der Waals surface area contributed by atoms with Gasteiger partial charge in [-0.25, -0.2) is 9.78 Å². The third kappa shape index (κ3) is 4.90. The first-order chi connectivity index (χ1) is 18.4. The number of hydrogen-bond donors (Lipinski definition) is 1. The zero-order valence-electron chi connectivity index (χ0n) is 20.4. The van der Waals surface area contributed by atoms with Crippen LogP contribution in [0.15, 0.2) is 85.5 Å². The quantitative estimate of drug-likeness (QED) is 0.236. The molecule has 2 heterocycles. The van der Waals surface area contributed by atoms with Gasteiger partial charge in [-0.1, -0.05) is 30.3 Å². The van der Waals surface area contributed by atoms with Gasteiger partial charge in [-0.15, -0.1) is 0 Å². The molecule has 0 fully saturated rings. The summed E-state index contributed by atoms with van der Waals surface area (Å²) in [5.41, 5.74) is 1.39. The van der Waals surface area contributed by atoms with E-state index < -0.39 is 12.1 Å². The highest BCUT2D eigenvalue weighted by atomic mass is 79.9. The lowest BCUT2D eigenvalue weighted by Crippen LogP contribution is -2.23. The first kappa shape index (κ1) is 25.2. The van der Waals surface area contributed by atoms with Crippen LogP contribution >= 0.6 is 15.9 Å². The number of fused-ring (bicyclic) bond motifs is 2. The minimum Gasteiger partial charge on any atom is -0.490 e. The van der Waals surface area contributed by atoms with Crippen molar-refractivity contribution in [3.05, 3.63) is 87.1 Å². The minimum absolute atomic E-state index is 0.248. The summed E-state index contributed by atoms with van der Waals surface area (Å²) in [6.45, 7) is 3.57. The van der Waals surface area contributed by atoms with Crippen molar-refractivity contribution in [1.82, 2.24) is 9.66 Å². The molecular weight excluding hydrogens is 554 g/mol. The fourth-order valence-electron chi connectivity index (χ4n) is 3.85. The normalized spacial score (nSPS) is 12.3. The molecule has 0 aliphatic heterocycles. The van der Waals surface area contributed by atoms with E-state index >= 15 is 0 Å². The second-order valence-electron chi connectivity index (χ2n) is 8.31. The number of carboxylic acids is 1. The zero-order valence-corrected chi connectivity index (χ0v) is 22.0. The van der Waals surface area contributed by atoms with Crippen LogP contribution in [0, 0.1) is 0 Å². The van der Waals surface area contributed by atoms with Crippen molar-refractivity contribution in [3.8, 4) is 23.1 Å². The summed E-state index contributed by atoms with van der Waals surface area (Å²) in [4.78, 5) is 29.5. The Morgan fingerprint density at radius 3 is 2.68 bits per heavy atom. The summed E-state index contributed by atoms with van der Waals surface area (Å²) >= 11 is 3.48. The first-order valence-corrected chi connectivity index (χ1v) is 12.6. The summed E-state index contributed by atoms with van der Waals surface area (Å²) in [6, 6.07) is 19.6. The molecule has 0 spiro atoms. The number of aromatic nitrogens is 2. The van der Waals surface area contributed by atoms with Gasteiger partial charge in [-0.05, 0) is 66.2 Å². The summed E-state index contributed by atoms with van der Waals surface area (Å²) in [5, 5.41) is 15.0. The van der Waals surface area contributed by atoms with Crippen molar-refractivity contribution in [3.63, 3.8) is 0 Å². The lowest BCUT2D eigenvalue weighted by Gasteiger charge is -2.16. The van der Waals surface area contributed by atoms with Gasteiger partial charge in [0, 0.05) is 15.4 Å². The molecule has 0 saturated heterocycles. The first-order valence-electron chi connectivity index (χ1n) is 11.8. The minimum atomic E-state index is -1.10. The van der Waals surface area contributed by atoms with Gasteiger partial charge in [0.25, 0.3) is 5.56 Å². The Balaban J connectivity index is 1.63. The molecule has 1 atom stereocenters. The molecule has 38 heavy (non-hydrogen) atoms. The molecule has 192 valence electrons. The number of halogens is 1. The number of carboxylic acid groups (broad SMARTS) is 1. The number of rotatable bonds is 8. The maximum atomic E-state index is 13.5. The van der Waals surface area contributed by atoms with E-state index in [9.17, 15) is 14.7 Å². The molecule has 0 radical (unpaired) electrons. The van der Waals surface area contributed by atoms with Crippen molar-refractivity contribution < 1.29 is 23.8 Å². The number of para-hydroxylation sites is 2. The highest BCUT2D eigenvalue weighted by Crippen LogP contribution is 2.34. The fraction of sp³-hybridized carbons (Fsp3) is 0.143. The Bertz CT molecular complexity index is 1720. The van der Waals surface area contributed by atoms with Crippen molar-refractivity contribution in [2.24, 2.45) is 5.10 Å². The molecule has 0 saturated carbocycles. The van der Waals surface area contributed by atoms with Crippen LogP contribution in [0.2, 0.25) is 0 Å². The third-order valence-electron chi connectivity index (χ3n) is 5.73. The van der Waals surface area contributed by atoms with E-state index in [4.69, 9.17) is 13.9 Å². The summed E-state index contributed by atoms with van der Waals surface area (Å²) in [7, 11) is 0. The smallest absolute Gasteiger partial charge is 0.344 e. The third-order valence-corrected chi connectivity index (χ3v) is 6.41. The summed E-state index contributed by atoms with van der Waals surface area (Å²) in [5.74, 6) is 0.143. The van der Waals surface area contributed by atoms with Gasteiger partial charge in [0.2, 0.25) is 5.82 Å². The van der Waals surface area contributed by atoms with Gasteiger partial charge in [-0.2, -0.15) is 9.78 Å². The van der Waals surface area contributed by atoms with Crippen LogP contribution in [0.3, 0.4) is 0 Å². The standard InChI is InChI=1S/C28H22BrN3O6/c1-3-36-23-13-18(20(29)14-24(23)37-16(2)28(34)35)15-30-32-26(25-12-17-8-4-7-11-22(17)38-25)31-21-10-6-5-9-19(21)27(32)33/h4-16H,3H2,1-2H3,(H,34,35)/t16-/m0/s1. The molecule has 3 aromatic carbocycles. The Morgan fingerprint density at radius 1 is 1.16 bits per heavy atom. The van der Waals surface area contributed by atoms with Gasteiger partial charge >= 0.3 is 5.97 Å².